The molecule has 4 rings (SSSR count). The maximum atomic E-state index is 12.9. The van der Waals surface area contributed by atoms with Gasteiger partial charge in [0.05, 0.1) is 22.6 Å². The monoisotopic (exact) mass is 297 g/mol. The summed E-state index contributed by atoms with van der Waals surface area (Å²) in [4.78, 5) is 38.0. The summed E-state index contributed by atoms with van der Waals surface area (Å²) >= 11 is 0. The SMILES string of the molecule is C[C@@]12C(=O)N(c3cccc(C(=O)O)c3)C(=O)[C@@H]1[C@H]1C=C[C@H]2C1. The number of hydrogen-bond donors (Lipinski definition) is 1. The maximum absolute atomic E-state index is 12.9. The van der Waals surface area contributed by atoms with Gasteiger partial charge in [-0.2, -0.15) is 0 Å². The quantitative estimate of drug-likeness (QED) is 0.670. The van der Waals surface area contributed by atoms with Gasteiger partial charge in [-0.1, -0.05) is 18.2 Å². The molecule has 5 heteroatoms. The largest absolute Gasteiger partial charge is 0.478 e. The van der Waals surface area contributed by atoms with Crippen molar-refractivity contribution in [3.63, 3.8) is 0 Å². The van der Waals surface area contributed by atoms with Crippen molar-refractivity contribution >= 4 is 23.5 Å². The molecule has 1 N–H and O–H groups in total. The first kappa shape index (κ1) is 13.2. The van der Waals surface area contributed by atoms with Crippen molar-refractivity contribution in [3.05, 3.63) is 42.0 Å². The Morgan fingerprint density at radius 2 is 2.09 bits per heavy atom. The maximum Gasteiger partial charge on any atom is 0.335 e. The number of carboxylic acid groups (broad SMARTS) is 1. The summed E-state index contributed by atoms with van der Waals surface area (Å²) in [5, 5.41) is 9.09. The molecule has 1 aromatic carbocycles. The van der Waals surface area contributed by atoms with E-state index < -0.39 is 11.4 Å². The summed E-state index contributed by atoms with van der Waals surface area (Å²) < 4.78 is 0. The van der Waals surface area contributed by atoms with E-state index >= 15 is 0 Å². The average Bonchev–Trinajstić information content (AvgIpc) is 3.12. The number of imide groups is 1. The van der Waals surface area contributed by atoms with Gasteiger partial charge in [0.15, 0.2) is 0 Å². The molecule has 0 radical (unpaired) electrons. The Balaban J connectivity index is 1.79. The van der Waals surface area contributed by atoms with Gasteiger partial charge in [0.25, 0.3) is 0 Å². The second-order valence-corrected chi connectivity index (χ2v) is 6.49. The zero-order chi connectivity index (χ0) is 15.6. The summed E-state index contributed by atoms with van der Waals surface area (Å²) in [5.41, 5.74) is -0.262. The second kappa shape index (κ2) is 4.06. The van der Waals surface area contributed by atoms with Crippen molar-refractivity contribution in [3.8, 4) is 0 Å². The van der Waals surface area contributed by atoms with Gasteiger partial charge in [0.1, 0.15) is 0 Å². The summed E-state index contributed by atoms with van der Waals surface area (Å²) in [6, 6.07) is 6.01. The standard InChI is InChI=1S/C17H15NO4/c1-17-11-6-5-9(7-11)13(17)14(19)18(16(17)22)12-4-2-3-10(8-12)15(20)21/h2-6,8-9,11,13H,7H2,1H3,(H,20,21)/t9-,11-,13-,17-/m0/s1. The number of aromatic carboxylic acids is 1. The molecule has 2 bridgehead atoms. The number of nitrogens with zero attached hydrogens (tertiary/aromatic N) is 1. The van der Waals surface area contributed by atoms with Crippen LogP contribution >= 0.6 is 0 Å². The fourth-order valence-electron chi connectivity index (χ4n) is 4.33. The third kappa shape index (κ3) is 1.41. The minimum Gasteiger partial charge on any atom is -0.478 e. The molecule has 1 saturated carbocycles. The second-order valence-electron chi connectivity index (χ2n) is 6.49. The Labute approximate surface area is 127 Å². The van der Waals surface area contributed by atoms with Crippen LogP contribution in [0.1, 0.15) is 23.7 Å². The van der Waals surface area contributed by atoms with Gasteiger partial charge in [-0.05, 0) is 43.4 Å². The van der Waals surface area contributed by atoms with E-state index in [9.17, 15) is 14.4 Å². The minimum absolute atomic E-state index is 0.0707. The zero-order valence-corrected chi connectivity index (χ0v) is 12.0. The molecular weight excluding hydrogens is 282 g/mol. The molecule has 1 aromatic rings. The van der Waals surface area contributed by atoms with E-state index in [0.717, 1.165) is 6.42 Å². The van der Waals surface area contributed by atoms with Crippen LogP contribution in [-0.4, -0.2) is 22.9 Å². The molecule has 2 aliphatic carbocycles. The first-order valence-corrected chi connectivity index (χ1v) is 7.34. The van der Waals surface area contributed by atoms with Crippen molar-refractivity contribution in [2.75, 3.05) is 4.90 Å². The Kier molecular flexibility index (Phi) is 2.45. The molecular formula is C17H15NO4. The van der Waals surface area contributed by atoms with E-state index in [2.05, 4.69) is 0 Å². The third-order valence-electron chi connectivity index (χ3n) is 5.46. The molecule has 0 aromatic heterocycles. The van der Waals surface area contributed by atoms with Gasteiger partial charge in [0, 0.05) is 0 Å². The molecule has 2 amide bonds. The molecule has 112 valence electrons. The van der Waals surface area contributed by atoms with E-state index in [1.807, 2.05) is 19.1 Å². The lowest BCUT2D eigenvalue weighted by Crippen LogP contribution is -2.37. The molecule has 4 atom stereocenters. The van der Waals surface area contributed by atoms with Crippen molar-refractivity contribution in [1.29, 1.82) is 0 Å². The average molecular weight is 297 g/mol. The number of anilines is 1. The summed E-state index contributed by atoms with van der Waals surface area (Å²) in [5.74, 6) is -1.57. The summed E-state index contributed by atoms with van der Waals surface area (Å²) in [6.07, 6.45) is 4.95. The van der Waals surface area contributed by atoms with E-state index in [4.69, 9.17) is 5.11 Å². The first-order valence-electron chi connectivity index (χ1n) is 7.34. The number of carbonyl (C=O) groups is 3. The van der Waals surface area contributed by atoms with Gasteiger partial charge in [-0.15, -0.1) is 0 Å². The number of benzene rings is 1. The Morgan fingerprint density at radius 1 is 1.32 bits per heavy atom. The van der Waals surface area contributed by atoms with Crippen molar-refractivity contribution < 1.29 is 19.5 Å². The predicted octanol–water partition coefficient (Wildman–Crippen LogP) is 2.09. The van der Waals surface area contributed by atoms with Crippen LogP contribution in [0.2, 0.25) is 0 Å². The topological polar surface area (TPSA) is 74.7 Å². The number of allylic oxidation sites excluding steroid dienone is 2. The van der Waals surface area contributed by atoms with E-state index in [1.54, 1.807) is 12.1 Å². The molecule has 1 saturated heterocycles. The lowest BCUT2D eigenvalue weighted by molar-refractivity contribution is -0.127. The molecule has 0 spiro atoms. The van der Waals surface area contributed by atoms with Crippen LogP contribution in [0, 0.1) is 23.2 Å². The lowest BCUT2D eigenvalue weighted by Gasteiger charge is -2.28. The lowest BCUT2D eigenvalue weighted by atomic mass is 9.71. The third-order valence-corrected chi connectivity index (χ3v) is 5.46. The Bertz CT molecular complexity index is 753. The molecule has 2 fully saturated rings. The van der Waals surface area contributed by atoms with Gasteiger partial charge >= 0.3 is 5.97 Å². The molecule has 0 unspecified atom stereocenters. The molecule has 22 heavy (non-hydrogen) atoms. The van der Waals surface area contributed by atoms with Crippen molar-refractivity contribution in [2.24, 2.45) is 23.2 Å². The summed E-state index contributed by atoms with van der Waals surface area (Å²) in [7, 11) is 0. The zero-order valence-electron chi connectivity index (χ0n) is 12.0. The highest BCUT2D eigenvalue weighted by molar-refractivity contribution is 6.24. The number of carbonyl (C=O) groups excluding carboxylic acids is 2. The smallest absolute Gasteiger partial charge is 0.335 e. The predicted molar refractivity (Wildman–Crippen MR) is 78.2 cm³/mol. The van der Waals surface area contributed by atoms with Crippen LogP contribution in [0.3, 0.4) is 0 Å². The summed E-state index contributed by atoms with van der Waals surface area (Å²) in [6.45, 7) is 1.87. The number of carboxylic acids is 1. The highest BCUT2D eigenvalue weighted by Crippen LogP contribution is 2.60. The van der Waals surface area contributed by atoms with Gasteiger partial charge in [0.2, 0.25) is 11.8 Å². The minimum atomic E-state index is -1.07. The van der Waals surface area contributed by atoms with Crippen molar-refractivity contribution in [1.82, 2.24) is 0 Å². The normalized spacial score (nSPS) is 35.3. The highest BCUT2D eigenvalue weighted by atomic mass is 16.4. The van der Waals surface area contributed by atoms with E-state index in [1.165, 1.54) is 17.0 Å². The van der Waals surface area contributed by atoms with Crippen LogP contribution < -0.4 is 4.90 Å². The fourth-order valence-corrected chi connectivity index (χ4v) is 4.33. The van der Waals surface area contributed by atoms with Crippen LogP contribution in [0.5, 0.6) is 0 Å². The van der Waals surface area contributed by atoms with Crippen LogP contribution in [0.25, 0.3) is 0 Å². The van der Waals surface area contributed by atoms with Crippen LogP contribution in [-0.2, 0) is 9.59 Å². The van der Waals surface area contributed by atoms with Crippen LogP contribution in [0.15, 0.2) is 36.4 Å². The first-order chi connectivity index (χ1) is 10.4. The molecule has 1 heterocycles. The molecule has 5 nitrogen and oxygen atoms in total. The van der Waals surface area contributed by atoms with Gasteiger partial charge in [-0.25, -0.2) is 9.69 Å². The number of rotatable bonds is 2. The van der Waals surface area contributed by atoms with Gasteiger partial charge < -0.3 is 5.11 Å². The number of hydrogen-bond acceptors (Lipinski definition) is 3. The number of amides is 2. The Hall–Kier alpha value is -2.43. The van der Waals surface area contributed by atoms with Gasteiger partial charge in [-0.3, -0.25) is 9.59 Å². The van der Waals surface area contributed by atoms with Crippen molar-refractivity contribution in [2.45, 2.75) is 13.3 Å². The van der Waals surface area contributed by atoms with Crippen LogP contribution in [0.4, 0.5) is 5.69 Å². The molecule has 3 aliphatic rings. The highest BCUT2D eigenvalue weighted by Gasteiger charge is 2.67. The van der Waals surface area contributed by atoms with E-state index in [-0.39, 0.29) is 35.1 Å². The fraction of sp³-hybridized carbons (Fsp3) is 0.353. The number of fused-ring (bicyclic) bond motifs is 5. The molecule has 1 aliphatic heterocycles. The van der Waals surface area contributed by atoms with E-state index in [0.29, 0.717) is 5.69 Å². The Morgan fingerprint density at radius 3 is 2.77 bits per heavy atom.